The van der Waals surface area contributed by atoms with Gasteiger partial charge in [0, 0.05) is 19.5 Å². The maximum Gasteiger partial charge on any atom is 0.469 e. The Morgan fingerprint density at radius 3 is 2.40 bits per heavy atom. The quantitative estimate of drug-likeness (QED) is 0.113. The number of aliphatic carboxylic acids is 1. The van der Waals surface area contributed by atoms with E-state index in [2.05, 4.69) is 14.8 Å². The third-order valence-corrected chi connectivity index (χ3v) is 6.56. The van der Waals surface area contributed by atoms with E-state index in [0.29, 0.717) is 0 Å². The van der Waals surface area contributed by atoms with Crippen LogP contribution in [0.15, 0.2) is 17.1 Å². The van der Waals surface area contributed by atoms with Gasteiger partial charge in [-0.2, -0.15) is 4.98 Å². The topological polar surface area (TPSA) is 354 Å². The van der Waals surface area contributed by atoms with Crippen molar-refractivity contribution in [3.8, 4) is 0 Å². The molecule has 2 saturated heterocycles. The van der Waals surface area contributed by atoms with Crippen LogP contribution >= 0.6 is 7.82 Å². The van der Waals surface area contributed by atoms with Gasteiger partial charge in [0.2, 0.25) is 5.91 Å². The molecule has 2 aliphatic heterocycles. The van der Waals surface area contributed by atoms with E-state index in [1.54, 1.807) is 0 Å². The smallest absolute Gasteiger partial charge is 0.469 e. The molecule has 0 aromatic carbocycles. The summed E-state index contributed by atoms with van der Waals surface area (Å²) < 4.78 is 25.8. The summed E-state index contributed by atoms with van der Waals surface area (Å²) in [5, 5.41) is 78.6. The number of hydrogen-bond acceptors (Lipinski definition) is 16. The molecule has 2 fully saturated rings. The second-order valence-corrected chi connectivity index (χ2v) is 10.5. The van der Waals surface area contributed by atoms with Crippen LogP contribution in [0.1, 0.15) is 19.6 Å². The standard InChI is InChI=1S/C11H19NO9.C9H14N3O8P/c1-4(14)12-7-5(15)2-11(20,10(18)19)21-9(7)8(17)6(16)3-13;10-5-1-2-12(9(15)11-5)8-7(14)6(13)4(20-8)3-19-21(16,17)18/h5-9,13,15-17,20H,2-3H2,1H3,(H,12,14)(H,18,19);1-2,4,6-8,13-14H,3H2,(H2,10,11,15)(H2,16,17,18)/t5-,6+,7+,8+,9+,11?;4-,6-,7-,8-/m01/s1. The van der Waals surface area contributed by atoms with Crippen LogP contribution in [0.2, 0.25) is 0 Å². The molecule has 0 radical (unpaired) electrons. The number of amides is 1. The second kappa shape index (κ2) is 14.2. The molecule has 10 atom stereocenters. The molecule has 240 valence electrons. The zero-order valence-corrected chi connectivity index (χ0v) is 22.6. The predicted molar refractivity (Wildman–Crippen MR) is 132 cm³/mol. The minimum atomic E-state index is -4.74. The molecule has 0 spiro atoms. The van der Waals surface area contributed by atoms with E-state index in [1.807, 2.05) is 0 Å². The Balaban J connectivity index is 0.000000293. The molecule has 0 saturated carbocycles. The molecular weight excluding hydrogens is 599 g/mol. The molecular formula is C20H33N4O17P. The second-order valence-electron chi connectivity index (χ2n) is 9.29. The highest BCUT2D eigenvalue weighted by Gasteiger charge is 2.54. The highest BCUT2D eigenvalue weighted by molar-refractivity contribution is 7.46. The number of phosphoric ester groups is 1. The van der Waals surface area contributed by atoms with Crippen molar-refractivity contribution in [2.24, 2.45) is 0 Å². The Hall–Kier alpha value is -2.63. The number of hydrogen-bond donors (Lipinski definition) is 12. The SMILES string of the molecule is CC(=O)N[C@H]1[C@H]([C@H](O)[C@H](O)CO)OC(O)(C(=O)O)C[C@@H]1O.Nc1ccn([C@@H]2O[C@H](COP(=O)(O)O)[C@@H](O)[C@H]2O)c(=O)n1. The van der Waals surface area contributed by atoms with Crippen molar-refractivity contribution in [1.29, 1.82) is 0 Å². The normalized spacial score (nSPS) is 32.8. The number of aliphatic hydroxyl groups excluding tert-OH is 6. The van der Waals surface area contributed by atoms with Gasteiger partial charge in [-0.3, -0.25) is 13.9 Å². The van der Waals surface area contributed by atoms with Crippen LogP contribution in [0, 0.1) is 0 Å². The van der Waals surface area contributed by atoms with Crippen LogP contribution in [0.4, 0.5) is 5.82 Å². The third kappa shape index (κ3) is 8.94. The fraction of sp³-hybridized carbons (Fsp3) is 0.700. The van der Waals surface area contributed by atoms with Crippen molar-refractivity contribution in [3.05, 3.63) is 22.7 Å². The molecule has 1 aromatic rings. The number of rotatable bonds is 9. The molecule has 0 bridgehead atoms. The van der Waals surface area contributed by atoms with E-state index in [0.717, 1.165) is 11.5 Å². The number of aliphatic hydroxyl groups is 7. The lowest BCUT2D eigenvalue weighted by Crippen LogP contribution is -2.67. The maximum atomic E-state index is 11.6. The lowest BCUT2D eigenvalue weighted by atomic mass is 9.88. The Kier molecular flexibility index (Phi) is 12.0. The van der Waals surface area contributed by atoms with Gasteiger partial charge in [-0.1, -0.05) is 0 Å². The summed E-state index contributed by atoms with van der Waals surface area (Å²) in [5.74, 6) is -5.20. The molecule has 1 unspecified atom stereocenters. The fourth-order valence-electron chi connectivity index (χ4n) is 4.02. The number of nitrogens with one attached hydrogen (secondary N) is 1. The molecule has 1 aromatic heterocycles. The number of anilines is 1. The number of nitrogens with two attached hydrogens (primary N) is 1. The summed E-state index contributed by atoms with van der Waals surface area (Å²) in [7, 11) is -4.74. The number of carboxylic acid groups (broad SMARTS) is 1. The van der Waals surface area contributed by atoms with Crippen molar-refractivity contribution in [3.63, 3.8) is 0 Å². The zero-order chi connectivity index (χ0) is 32.2. The molecule has 42 heavy (non-hydrogen) atoms. The number of phosphoric acid groups is 1. The lowest BCUT2D eigenvalue weighted by Gasteiger charge is -2.44. The molecule has 21 nitrogen and oxygen atoms in total. The number of nitrogens with zero attached hydrogens (tertiary/aromatic N) is 2. The molecule has 1 amide bonds. The first-order valence-electron chi connectivity index (χ1n) is 11.9. The van der Waals surface area contributed by atoms with Gasteiger partial charge >= 0.3 is 19.5 Å². The van der Waals surface area contributed by atoms with Gasteiger partial charge < -0.3 is 71.2 Å². The highest BCUT2D eigenvalue weighted by atomic mass is 31.2. The van der Waals surface area contributed by atoms with Crippen LogP contribution in [0.25, 0.3) is 0 Å². The molecule has 0 aliphatic carbocycles. The average Bonchev–Trinajstić information content (AvgIpc) is 3.16. The van der Waals surface area contributed by atoms with E-state index < -0.39 is 106 Å². The molecule has 2 aliphatic rings. The van der Waals surface area contributed by atoms with Crippen LogP contribution < -0.4 is 16.7 Å². The number of aromatic nitrogens is 2. The van der Waals surface area contributed by atoms with Gasteiger partial charge in [0.1, 0.15) is 42.4 Å². The Morgan fingerprint density at radius 1 is 1.29 bits per heavy atom. The van der Waals surface area contributed by atoms with Gasteiger partial charge in [-0.05, 0) is 6.07 Å². The van der Waals surface area contributed by atoms with E-state index in [4.69, 9.17) is 35.2 Å². The van der Waals surface area contributed by atoms with Crippen molar-refractivity contribution >= 4 is 25.5 Å². The Bertz CT molecular complexity index is 1200. The fourth-order valence-corrected chi connectivity index (χ4v) is 4.36. The number of carbonyl (C=O) groups is 2. The summed E-state index contributed by atoms with van der Waals surface area (Å²) >= 11 is 0. The van der Waals surface area contributed by atoms with Crippen LogP contribution in [0.5, 0.6) is 0 Å². The minimum Gasteiger partial charge on any atom is -0.477 e. The van der Waals surface area contributed by atoms with Crippen molar-refractivity contribution in [2.75, 3.05) is 18.9 Å². The number of carbonyl (C=O) groups excluding carboxylic acids is 1. The summed E-state index contributed by atoms with van der Waals surface area (Å²) in [6, 6.07) is 0.0295. The average molecular weight is 632 g/mol. The summed E-state index contributed by atoms with van der Waals surface area (Å²) in [5.41, 5.74) is 4.52. The van der Waals surface area contributed by atoms with Crippen LogP contribution in [0.3, 0.4) is 0 Å². The van der Waals surface area contributed by atoms with Gasteiger partial charge in [-0.15, -0.1) is 0 Å². The largest absolute Gasteiger partial charge is 0.477 e. The zero-order valence-electron chi connectivity index (χ0n) is 21.7. The lowest BCUT2D eigenvalue weighted by molar-refractivity contribution is -0.295. The third-order valence-electron chi connectivity index (χ3n) is 6.08. The van der Waals surface area contributed by atoms with Gasteiger partial charge in [0.25, 0.3) is 5.79 Å². The van der Waals surface area contributed by atoms with Gasteiger partial charge in [0.05, 0.1) is 25.4 Å². The summed E-state index contributed by atoms with van der Waals surface area (Å²) in [6.45, 7) is -0.401. The van der Waals surface area contributed by atoms with E-state index in [-0.39, 0.29) is 5.82 Å². The van der Waals surface area contributed by atoms with Gasteiger partial charge in [0.15, 0.2) is 6.23 Å². The maximum absolute atomic E-state index is 11.6. The Morgan fingerprint density at radius 2 is 1.90 bits per heavy atom. The minimum absolute atomic E-state index is 0.0225. The Labute approximate surface area is 235 Å². The molecule has 13 N–H and O–H groups in total. The summed E-state index contributed by atoms with van der Waals surface area (Å²) in [6.07, 6.45) is -11.8. The predicted octanol–water partition coefficient (Wildman–Crippen LogP) is -6.32. The van der Waals surface area contributed by atoms with Crippen molar-refractivity contribution in [1.82, 2.24) is 14.9 Å². The summed E-state index contributed by atoms with van der Waals surface area (Å²) in [4.78, 5) is 54.4. The van der Waals surface area contributed by atoms with Crippen LogP contribution in [-0.2, 0) is 28.2 Å². The van der Waals surface area contributed by atoms with Crippen molar-refractivity contribution in [2.45, 2.75) is 74.1 Å². The molecule has 3 rings (SSSR count). The van der Waals surface area contributed by atoms with E-state index in [9.17, 15) is 49.6 Å². The number of carboxylic acids is 1. The van der Waals surface area contributed by atoms with E-state index in [1.165, 1.54) is 12.3 Å². The monoisotopic (exact) mass is 632 g/mol. The van der Waals surface area contributed by atoms with Gasteiger partial charge in [-0.25, -0.2) is 14.2 Å². The number of ether oxygens (including phenoxy) is 2. The first-order chi connectivity index (χ1) is 19.3. The number of nitrogen functional groups attached to an aromatic ring is 1. The first-order valence-corrected chi connectivity index (χ1v) is 13.5. The molecule has 22 heteroatoms. The highest BCUT2D eigenvalue weighted by Crippen LogP contribution is 2.38. The first kappa shape index (κ1) is 35.6. The van der Waals surface area contributed by atoms with E-state index >= 15 is 0 Å². The van der Waals surface area contributed by atoms with Crippen molar-refractivity contribution < 1.29 is 78.8 Å². The molecule has 3 heterocycles. The van der Waals surface area contributed by atoms with Crippen LogP contribution in [-0.4, -0.2) is 140 Å².